The Bertz CT molecular complexity index is 549. The Morgan fingerprint density at radius 2 is 2.10 bits per heavy atom. The number of hydrogen-bond donors (Lipinski definition) is 0. The smallest absolute Gasteiger partial charge is 0.410 e. The summed E-state index contributed by atoms with van der Waals surface area (Å²) in [4.78, 5) is 14.0. The van der Waals surface area contributed by atoms with Gasteiger partial charge in [0.05, 0.1) is 0 Å². The van der Waals surface area contributed by atoms with Crippen molar-refractivity contribution in [3.05, 3.63) is 34.9 Å². The largest absolute Gasteiger partial charge is 0.444 e. The van der Waals surface area contributed by atoms with Crippen molar-refractivity contribution in [3.63, 3.8) is 0 Å². The average Bonchev–Trinajstić information content (AvgIpc) is 2.57. The first-order valence-electron chi connectivity index (χ1n) is 6.95. The lowest BCUT2D eigenvalue weighted by Crippen LogP contribution is -2.36. The van der Waals surface area contributed by atoms with E-state index in [2.05, 4.69) is 12.0 Å². The minimum atomic E-state index is -0.465. The average molecular weight is 271 g/mol. The van der Waals surface area contributed by atoms with E-state index in [1.165, 1.54) is 5.56 Å². The van der Waals surface area contributed by atoms with Crippen molar-refractivity contribution in [2.24, 2.45) is 0 Å². The number of benzene rings is 1. The Morgan fingerprint density at radius 1 is 1.35 bits per heavy atom. The molecule has 0 saturated heterocycles. The third-order valence-corrected chi connectivity index (χ3v) is 3.26. The van der Waals surface area contributed by atoms with Gasteiger partial charge in [0.15, 0.2) is 0 Å². The van der Waals surface area contributed by atoms with Crippen LogP contribution < -0.4 is 0 Å². The van der Waals surface area contributed by atoms with E-state index >= 15 is 0 Å². The molecule has 0 aliphatic carbocycles. The molecule has 1 aromatic carbocycles. The molecule has 20 heavy (non-hydrogen) atoms. The summed E-state index contributed by atoms with van der Waals surface area (Å²) in [6, 6.07) is 6.03. The van der Waals surface area contributed by atoms with Gasteiger partial charge >= 0.3 is 6.09 Å². The van der Waals surface area contributed by atoms with Crippen molar-refractivity contribution in [1.82, 2.24) is 4.90 Å². The molecule has 1 aliphatic rings. The molecule has 0 atom stereocenters. The lowest BCUT2D eigenvalue weighted by Gasteiger charge is -2.26. The predicted octanol–water partition coefficient (Wildman–Crippen LogP) is 3.35. The van der Waals surface area contributed by atoms with Crippen molar-refractivity contribution in [1.29, 1.82) is 0 Å². The molecule has 106 valence electrons. The molecule has 1 heterocycles. The molecule has 3 heteroatoms. The van der Waals surface area contributed by atoms with Gasteiger partial charge in [-0.2, -0.15) is 0 Å². The standard InChI is InChI=1S/C17H21NO2/c1-5-13-8-9-14-7-6-10-18(12-15(14)11-13)16(19)20-17(2,3)4/h1,8-9,11H,6-7,10,12H2,2-4H3. The van der Waals surface area contributed by atoms with Gasteiger partial charge in [-0.1, -0.05) is 12.0 Å². The van der Waals surface area contributed by atoms with Gasteiger partial charge in [0.25, 0.3) is 0 Å². The third kappa shape index (κ3) is 3.54. The van der Waals surface area contributed by atoms with E-state index in [9.17, 15) is 4.79 Å². The van der Waals surface area contributed by atoms with Gasteiger partial charge < -0.3 is 9.64 Å². The Hall–Kier alpha value is -1.95. The highest BCUT2D eigenvalue weighted by atomic mass is 16.6. The highest BCUT2D eigenvalue weighted by Gasteiger charge is 2.24. The van der Waals surface area contributed by atoms with Gasteiger partial charge in [-0.05, 0) is 56.9 Å². The number of terminal acetylenes is 1. The number of fused-ring (bicyclic) bond motifs is 1. The molecular formula is C17H21NO2. The predicted molar refractivity (Wildman–Crippen MR) is 79.3 cm³/mol. The van der Waals surface area contributed by atoms with Crippen LogP contribution in [0.4, 0.5) is 4.79 Å². The number of ether oxygens (including phenoxy) is 1. The van der Waals surface area contributed by atoms with Crippen molar-refractivity contribution in [3.8, 4) is 12.3 Å². The fourth-order valence-corrected chi connectivity index (χ4v) is 2.33. The number of amides is 1. The van der Waals surface area contributed by atoms with Gasteiger partial charge in [0.1, 0.15) is 5.60 Å². The summed E-state index contributed by atoms with van der Waals surface area (Å²) in [6.45, 7) is 6.93. The molecule has 0 unspecified atom stereocenters. The van der Waals surface area contributed by atoms with Crippen LogP contribution >= 0.6 is 0 Å². The number of carbonyl (C=O) groups excluding carboxylic acids is 1. The molecule has 0 fully saturated rings. The van der Waals surface area contributed by atoms with E-state index in [1.54, 1.807) is 4.90 Å². The minimum absolute atomic E-state index is 0.253. The first kappa shape index (κ1) is 14.5. The van der Waals surface area contributed by atoms with Gasteiger partial charge in [0.2, 0.25) is 0 Å². The van der Waals surface area contributed by atoms with E-state index in [-0.39, 0.29) is 6.09 Å². The zero-order chi connectivity index (χ0) is 14.8. The molecule has 1 amide bonds. The second-order valence-electron chi connectivity index (χ2n) is 6.13. The van der Waals surface area contributed by atoms with Crippen LogP contribution in [0.1, 0.15) is 43.9 Å². The van der Waals surface area contributed by atoms with E-state index in [4.69, 9.17) is 11.2 Å². The molecule has 3 nitrogen and oxygen atoms in total. The van der Waals surface area contributed by atoms with Gasteiger partial charge in [0, 0.05) is 18.7 Å². The summed E-state index contributed by atoms with van der Waals surface area (Å²) in [7, 11) is 0. The van der Waals surface area contributed by atoms with Gasteiger partial charge in [-0.3, -0.25) is 0 Å². The highest BCUT2D eigenvalue weighted by molar-refractivity contribution is 5.68. The second kappa shape index (κ2) is 5.58. The SMILES string of the molecule is C#Cc1ccc2c(c1)CN(C(=O)OC(C)(C)C)CCC2. The topological polar surface area (TPSA) is 29.5 Å². The number of carbonyl (C=O) groups is 1. The third-order valence-electron chi connectivity index (χ3n) is 3.26. The Morgan fingerprint density at radius 3 is 2.75 bits per heavy atom. The van der Waals surface area contributed by atoms with Crippen LogP contribution in [0, 0.1) is 12.3 Å². The molecule has 2 rings (SSSR count). The maximum Gasteiger partial charge on any atom is 0.410 e. The Kier molecular flexibility index (Phi) is 4.04. The van der Waals surface area contributed by atoms with Crippen molar-refractivity contribution in [2.75, 3.05) is 6.54 Å². The van der Waals surface area contributed by atoms with Crippen molar-refractivity contribution in [2.45, 2.75) is 45.8 Å². The van der Waals surface area contributed by atoms with Crippen LogP contribution in [-0.4, -0.2) is 23.1 Å². The lowest BCUT2D eigenvalue weighted by atomic mass is 10.0. The fraction of sp³-hybridized carbons (Fsp3) is 0.471. The highest BCUT2D eigenvalue weighted by Crippen LogP contribution is 2.21. The molecule has 1 aromatic rings. The number of rotatable bonds is 0. The molecule has 0 N–H and O–H groups in total. The number of nitrogens with zero attached hydrogens (tertiary/aromatic N) is 1. The van der Waals surface area contributed by atoms with E-state index in [0.717, 1.165) is 30.5 Å². The molecule has 0 bridgehead atoms. The summed E-state index contributed by atoms with van der Waals surface area (Å²) < 4.78 is 5.45. The first-order valence-corrected chi connectivity index (χ1v) is 6.95. The number of hydrogen-bond acceptors (Lipinski definition) is 2. The molecule has 0 spiro atoms. The quantitative estimate of drug-likeness (QED) is 0.677. The summed E-state index contributed by atoms with van der Waals surface area (Å²) in [6.07, 6.45) is 7.11. The first-order chi connectivity index (χ1) is 9.39. The van der Waals surface area contributed by atoms with Crippen LogP contribution in [0.15, 0.2) is 18.2 Å². The van der Waals surface area contributed by atoms with E-state index in [0.29, 0.717) is 6.54 Å². The number of aryl methyl sites for hydroxylation is 1. The monoisotopic (exact) mass is 271 g/mol. The van der Waals surface area contributed by atoms with Gasteiger partial charge in [-0.15, -0.1) is 6.42 Å². The molecule has 1 aliphatic heterocycles. The maximum absolute atomic E-state index is 12.2. The second-order valence-corrected chi connectivity index (χ2v) is 6.13. The van der Waals surface area contributed by atoms with Crippen LogP contribution in [0.5, 0.6) is 0 Å². The van der Waals surface area contributed by atoms with E-state index < -0.39 is 5.60 Å². The molecular weight excluding hydrogens is 250 g/mol. The van der Waals surface area contributed by atoms with Crippen LogP contribution in [0.25, 0.3) is 0 Å². The van der Waals surface area contributed by atoms with Crippen LogP contribution in [0.2, 0.25) is 0 Å². The molecule has 0 aromatic heterocycles. The van der Waals surface area contributed by atoms with Crippen molar-refractivity contribution < 1.29 is 9.53 Å². The van der Waals surface area contributed by atoms with Gasteiger partial charge in [-0.25, -0.2) is 4.79 Å². The van der Waals surface area contributed by atoms with Crippen molar-refractivity contribution >= 4 is 6.09 Å². The fourth-order valence-electron chi connectivity index (χ4n) is 2.33. The zero-order valence-corrected chi connectivity index (χ0v) is 12.4. The summed E-state index contributed by atoms with van der Waals surface area (Å²) in [5.41, 5.74) is 2.79. The Balaban J connectivity index is 2.19. The zero-order valence-electron chi connectivity index (χ0n) is 12.4. The molecule has 0 radical (unpaired) electrons. The summed E-state index contributed by atoms with van der Waals surface area (Å²) >= 11 is 0. The maximum atomic E-state index is 12.2. The normalized spacial score (nSPS) is 15.0. The van der Waals surface area contributed by atoms with Crippen LogP contribution in [-0.2, 0) is 17.7 Å². The minimum Gasteiger partial charge on any atom is -0.444 e. The van der Waals surface area contributed by atoms with Crippen LogP contribution in [0.3, 0.4) is 0 Å². The molecule has 0 saturated carbocycles. The Labute approximate surface area is 120 Å². The summed E-state index contributed by atoms with van der Waals surface area (Å²) in [5.74, 6) is 2.65. The lowest BCUT2D eigenvalue weighted by molar-refractivity contribution is 0.0237. The van der Waals surface area contributed by atoms with E-state index in [1.807, 2.05) is 32.9 Å². The summed E-state index contributed by atoms with van der Waals surface area (Å²) in [5, 5.41) is 0.